The zero-order valence-corrected chi connectivity index (χ0v) is 14.7. The van der Waals surface area contributed by atoms with Crippen molar-refractivity contribution in [1.82, 2.24) is 9.88 Å². The number of carbonyl (C=O) groups excluding carboxylic acids is 1. The number of nitrogens with two attached hydrogens (primary N) is 1. The van der Waals surface area contributed by atoms with Crippen molar-refractivity contribution in [3.05, 3.63) is 51.5 Å². The molecule has 1 heterocycles. The summed E-state index contributed by atoms with van der Waals surface area (Å²) in [4.78, 5) is 19.0. The molecule has 3 rings (SSSR count). The largest absolute Gasteiger partial charge is 0.330 e. The van der Waals surface area contributed by atoms with Gasteiger partial charge in [0.2, 0.25) is 0 Å². The predicted molar refractivity (Wildman–Crippen MR) is 93.4 cm³/mol. The Hall–Kier alpha value is -1.86. The van der Waals surface area contributed by atoms with Gasteiger partial charge in [0.05, 0.1) is 5.01 Å². The lowest BCUT2D eigenvalue weighted by Crippen LogP contribution is -2.38. The number of rotatable bonds is 6. The lowest BCUT2D eigenvalue weighted by molar-refractivity contribution is 0.0656. The second-order valence-electron chi connectivity index (χ2n) is 6.27. The average Bonchev–Trinajstić information content (AvgIpc) is 3.27. The highest BCUT2D eigenvalue weighted by molar-refractivity contribution is 7.09. The first-order valence-electron chi connectivity index (χ1n) is 8.48. The number of benzene rings is 1. The maximum Gasteiger partial charge on any atom is 0.273 e. The highest BCUT2D eigenvalue weighted by Gasteiger charge is 2.29. The number of amides is 1. The number of carbonyl (C=O) groups is 1. The second kappa shape index (κ2) is 8.01. The molecular formula is C18H21F2N3OS. The monoisotopic (exact) mass is 365 g/mol. The van der Waals surface area contributed by atoms with Crippen molar-refractivity contribution < 1.29 is 13.6 Å². The lowest BCUT2D eigenvalue weighted by atomic mass is 10.1. The Morgan fingerprint density at radius 1 is 1.32 bits per heavy atom. The molecule has 2 N–H and O–H groups in total. The summed E-state index contributed by atoms with van der Waals surface area (Å²) in [5.74, 6) is -1.23. The van der Waals surface area contributed by atoms with Crippen molar-refractivity contribution in [3.8, 4) is 0 Å². The molecule has 0 saturated heterocycles. The third-order valence-corrected chi connectivity index (χ3v) is 5.41. The fourth-order valence-corrected chi connectivity index (χ4v) is 4.01. The van der Waals surface area contributed by atoms with E-state index in [1.165, 1.54) is 11.3 Å². The fraction of sp³-hybridized carbons (Fsp3) is 0.444. The van der Waals surface area contributed by atoms with Crippen LogP contribution in [0.15, 0.2) is 23.6 Å². The molecule has 1 aliphatic carbocycles. The van der Waals surface area contributed by atoms with Crippen molar-refractivity contribution in [2.24, 2.45) is 5.73 Å². The Balaban J connectivity index is 1.85. The van der Waals surface area contributed by atoms with Gasteiger partial charge in [0.25, 0.3) is 5.91 Å². The van der Waals surface area contributed by atoms with Crippen LogP contribution >= 0.6 is 11.3 Å². The zero-order chi connectivity index (χ0) is 17.8. The first-order valence-corrected chi connectivity index (χ1v) is 9.36. The second-order valence-corrected chi connectivity index (χ2v) is 7.21. The Bertz CT molecular complexity index is 744. The van der Waals surface area contributed by atoms with E-state index in [1.54, 1.807) is 10.3 Å². The summed E-state index contributed by atoms with van der Waals surface area (Å²) in [5, 5.41) is 2.53. The summed E-state index contributed by atoms with van der Waals surface area (Å²) in [7, 11) is 0. The number of halogens is 2. The minimum atomic E-state index is -0.505. The van der Waals surface area contributed by atoms with Gasteiger partial charge in [-0.15, -0.1) is 11.3 Å². The van der Waals surface area contributed by atoms with E-state index < -0.39 is 11.6 Å². The summed E-state index contributed by atoms with van der Waals surface area (Å²) in [6.07, 6.45) is 4.45. The molecule has 134 valence electrons. The Morgan fingerprint density at radius 3 is 2.80 bits per heavy atom. The minimum absolute atomic E-state index is 0.0369. The third kappa shape index (κ3) is 4.22. The van der Waals surface area contributed by atoms with Gasteiger partial charge in [-0.2, -0.15) is 0 Å². The molecule has 0 spiro atoms. The fourth-order valence-electron chi connectivity index (χ4n) is 3.23. The molecule has 7 heteroatoms. The molecule has 2 aromatic rings. The maximum atomic E-state index is 14.1. The van der Waals surface area contributed by atoms with E-state index in [2.05, 4.69) is 4.98 Å². The zero-order valence-electron chi connectivity index (χ0n) is 13.9. The smallest absolute Gasteiger partial charge is 0.273 e. The number of hydrogen-bond acceptors (Lipinski definition) is 4. The standard InChI is InChI=1S/C18H21F2N3OS/c19-13-5-6-15(20)12(9-13)10-23(14-3-1-2-4-14)18(24)16-11-25-17(22-16)7-8-21/h5-6,9,11,14H,1-4,7-8,10,21H2. The Labute approximate surface area is 149 Å². The van der Waals surface area contributed by atoms with Crippen molar-refractivity contribution in [1.29, 1.82) is 0 Å². The first-order chi connectivity index (χ1) is 12.1. The third-order valence-electron chi connectivity index (χ3n) is 4.50. The molecule has 0 atom stereocenters. The van der Waals surface area contributed by atoms with Crippen molar-refractivity contribution >= 4 is 17.2 Å². The van der Waals surface area contributed by atoms with Crippen molar-refractivity contribution in [3.63, 3.8) is 0 Å². The molecular weight excluding hydrogens is 344 g/mol. The SMILES string of the molecule is NCCc1nc(C(=O)N(Cc2cc(F)ccc2F)C2CCCC2)cs1. The topological polar surface area (TPSA) is 59.2 Å². The van der Waals surface area contributed by atoms with E-state index in [4.69, 9.17) is 5.73 Å². The molecule has 25 heavy (non-hydrogen) atoms. The number of aromatic nitrogens is 1. The normalized spacial score (nSPS) is 14.8. The van der Waals surface area contributed by atoms with Gasteiger partial charge in [-0.25, -0.2) is 13.8 Å². The van der Waals surface area contributed by atoms with Gasteiger partial charge in [-0.1, -0.05) is 12.8 Å². The van der Waals surface area contributed by atoms with Crippen LogP contribution < -0.4 is 5.73 Å². The van der Waals surface area contributed by atoms with Crippen LogP contribution in [-0.2, 0) is 13.0 Å². The number of hydrogen-bond donors (Lipinski definition) is 1. The molecule has 1 aromatic carbocycles. The molecule has 4 nitrogen and oxygen atoms in total. The van der Waals surface area contributed by atoms with Crippen LogP contribution in [0.2, 0.25) is 0 Å². The highest BCUT2D eigenvalue weighted by atomic mass is 32.1. The number of nitrogens with zero attached hydrogens (tertiary/aromatic N) is 2. The van der Waals surface area contributed by atoms with E-state index in [0.29, 0.717) is 18.7 Å². The van der Waals surface area contributed by atoms with Crippen LogP contribution in [0.5, 0.6) is 0 Å². The summed E-state index contributed by atoms with van der Waals surface area (Å²) in [6.45, 7) is 0.527. The van der Waals surface area contributed by atoms with Crippen LogP contribution in [0.4, 0.5) is 8.78 Å². The van der Waals surface area contributed by atoms with E-state index in [1.807, 2.05) is 0 Å². The molecule has 1 aromatic heterocycles. The molecule has 0 unspecified atom stereocenters. The van der Waals surface area contributed by atoms with Gasteiger partial charge in [-0.3, -0.25) is 4.79 Å². The van der Waals surface area contributed by atoms with Crippen LogP contribution in [-0.4, -0.2) is 28.4 Å². The predicted octanol–water partition coefficient (Wildman–Crippen LogP) is 3.51. The Morgan fingerprint density at radius 2 is 2.08 bits per heavy atom. The first kappa shape index (κ1) is 17.9. The number of thiazole rings is 1. The summed E-state index contributed by atoms with van der Waals surface area (Å²) >= 11 is 1.40. The quantitative estimate of drug-likeness (QED) is 0.852. The lowest BCUT2D eigenvalue weighted by Gasteiger charge is -2.28. The van der Waals surface area contributed by atoms with E-state index >= 15 is 0 Å². The van der Waals surface area contributed by atoms with Crippen LogP contribution in [0.25, 0.3) is 0 Å². The van der Waals surface area contributed by atoms with Gasteiger partial charge in [-0.05, 0) is 37.6 Å². The van der Waals surface area contributed by atoms with Crippen molar-refractivity contribution in [2.75, 3.05) is 6.54 Å². The maximum absolute atomic E-state index is 14.1. The van der Waals surface area contributed by atoms with Crippen LogP contribution in [0.1, 0.15) is 46.7 Å². The molecule has 1 fully saturated rings. The van der Waals surface area contributed by atoms with Gasteiger partial charge < -0.3 is 10.6 Å². The van der Waals surface area contributed by atoms with E-state index in [9.17, 15) is 13.6 Å². The molecule has 0 bridgehead atoms. The van der Waals surface area contributed by atoms with Gasteiger partial charge >= 0.3 is 0 Å². The molecule has 0 radical (unpaired) electrons. The average molecular weight is 365 g/mol. The Kier molecular flexibility index (Phi) is 5.75. The summed E-state index contributed by atoms with van der Waals surface area (Å²) < 4.78 is 27.5. The van der Waals surface area contributed by atoms with Gasteiger partial charge in [0, 0.05) is 30.0 Å². The highest BCUT2D eigenvalue weighted by Crippen LogP contribution is 2.27. The molecule has 1 saturated carbocycles. The van der Waals surface area contributed by atoms with Crippen LogP contribution in [0, 0.1) is 11.6 Å². The van der Waals surface area contributed by atoms with Crippen LogP contribution in [0.3, 0.4) is 0 Å². The minimum Gasteiger partial charge on any atom is -0.330 e. The molecule has 1 amide bonds. The molecule has 0 aliphatic heterocycles. The summed E-state index contributed by atoms with van der Waals surface area (Å²) in [6, 6.07) is 3.38. The van der Waals surface area contributed by atoms with Crippen molar-refractivity contribution in [2.45, 2.75) is 44.7 Å². The summed E-state index contributed by atoms with van der Waals surface area (Å²) in [5.41, 5.74) is 6.08. The molecule has 1 aliphatic rings. The van der Waals surface area contributed by atoms with E-state index in [-0.39, 0.29) is 24.1 Å². The van der Waals surface area contributed by atoms with E-state index in [0.717, 1.165) is 48.9 Å². The van der Waals surface area contributed by atoms with Gasteiger partial charge in [0.1, 0.15) is 17.3 Å². The van der Waals surface area contributed by atoms with Gasteiger partial charge in [0.15, 0.2) is 0 Å².